The van der Waals surface area contributed by atoms with Crippen LogP contribution in [0.1, 0.15) is 33.9 Å². The molecule has 3 heterocycles. The number of rotatable bonds is 5. The number of nitrogens with zero attached hydrogens (tertiary/aromatic N) is 1. The number of alkyl halides is 3. The molecule has 8 rings (SSSR count). The molecular weight excluding hydrogens is 689 g/mol. The van der Waals surface area contributed by atoms with Crippen LogP contribution in [0.2, 0.25) is 0 Å². The molecular formula is C33H24BrF3N2O4S2. The summed E-state index contributed by atoms with van der Waals surface area (Å²) in [6.07, 6.45) is -3.94. The standard InChI is InChI=1S/C33H24BrF3N2O4S2/c34-17-9-10-22(43-14-15-5-2-1-3-6-15)19(12-17)23-24-20-13-21(27(24)44-29-28(23)45-32(42)38-29)26-25(20)30(40)39(31(26)41)18-8-4-7-16(11-18)33(35,36)37/h1-12,20-21,23-27H,13-14H2,(H,38,42)/t20?,21?,23-,24?,25?,26?,27?/m1/s1. The number of halogens is 4. The van der Waals surface area contributed by atoms with Crippen LogP contribution >= 0.6 is 39.0 Å². The first-order chi connectivity index (χ1) is 21.6. The SMILES string of the molecule is O=C1C2C3CC(C2C(=O)N1c1cccc(C(F)(F)F)c1)C1C3Sc2[nH]c(=O)sc2[C@@H]1c1cc(Br)ccc1OCc1ccccc1. The van der Waals surface area contributed by atoms with Gasteiger partial charge < -0.3 is 9.72 Å². The van der Waals surface area contributed by atoms with Crippen molar-refractivity contribution in [3.05, 3.63) is 109 Å². The van der Waals surface area contributed by atoms with Crippen molar-refractivity contribution in [2.75, 3.05) is 4.90 Å². The van der Waals surface area contributed by atoms with Crippen LogP contribution in [-0.2, 0) is 22.4 Å². The van der Waals surface area contributed by atoms with Crippen LogP contribution in [0.5, 0.6) is 5.75 Å². The smallest absolute Gasteiger partial charge is 0.416 e. The lowest BCUT2D eigenvalue weighted by Gasteiger charge is -2.43. The van der Waals surface area contributed by atoms with Gasteiger partial charge in [-0.15, -0.1) is 11.8 Å². The Morgan fingerprint density at radius 3 is 2.44 bits per heavy atom. The van der Waals surface area contributed by atoms with Crippen LogP contribution in [0.3, 0.4) is 0 Å². The third-order valence-corrected chi connectivity index (χ3v) is 12.8. The number of H-pyrrole nitrogens is 1. The number of nitrogens with one attached hydrogen (secondary N) is 1. The van der Waals surface area contributed by atoms with E-state index in [4.69, 9.17) is 4.74 Å². The maximum Gasteiger partial charge on any atom is 0.416 e. The minimum atomic E-state index is -4.60. The van der Waals surface area contributed by atoms with Crippen molar-refractivity contribution in [1.82, 2.24) is 4.98 Å². The molecule has 2 aliphatic heterocycles. The molecule has 12 heteroatoms. The number of hydrogen-bond donors (Lipinski definition) is 1. The van der Waals surface area contributed by atoms with E-state index in [1.807, 2.05) is 48.5 Å². The van der Waals surface area contributed by atoms with E-state index in [2.05, 4.69) is 20.9 Å². The van der Waals surface area contributed by atoms with Gasteiger partial charge in [-0.2, -0.15) is 13.2 Å². The number of ether oxygens (including phenoxy) is 1. The van der Waals surface area contributed by atoms with Gasteiger partial charge >= 0.3 is 11.0 Å². The molecule has 2 saturated carbocycles. The molecule has 2 amide bonds. The Balaban J connectivity index is 1.19. The molecule has 0 radical (unpaired) electrons. The number of thioether (sulfide) groups is 1. The fourth-order valence-corrected chi connectivity index (χ4v) is 11.3. The monoisotopic (exact) mass is 712 g/mol. The summed E-state index contributed by atoms with van der Waals surface area (Å²) in [6.45, 7) is 0.344. The maximum absolute atomic E-state index is 14.0. The molecule has 4 aromatic rings. The number of hydrogen-bond acceptors (Lipinski definition) is 6. The van der Waals surface area contributed by atoms with Crippen LogP contribution in [0, 0.1) is 29.6 Å². The second kappa shape index (κ2) is 10.6. The number of fused-ring (bicyclic) bond motifs is 9. The first kappa shape index (κ1) is 29.1. The number of carbonyl (C=O) groups is 2. The highest BCUT2D eigenvalue weighted by Crippen LogP contribution is 2.69. The molecule has 4 aliphatic rings. The summed E-state index contributed by atoms with van der Waals surface area (Å²) < 4.78 is 47.8. The predicted molar refractivity (Wildman–Crippen MR) is 167 cm³/mol. The van der Waals surface area contributed by atoms with E-state index in [0.717, 1.165) is 53.9 Å². The third kappa shape index (κ3) is 4.62. The van der Waals surface area contributed by atoms with Gasteiger partial charge in [-0.25, -0.2) is 0 Å². The van der Waals surface area contributed by atoms with Crippen molar-refractivity contribution in [1.29, 1.82) is 0 Å². The molecule has 1 N–H and O–H groups in total. The molecule has 3 aromatic carbocycles. The van der Waals surface area contributed by atoms with E-state index >= 15 is 0 Å². The summed E-state index contributed by atoms with van der Waals surface area (Å²) in [5, 5.41) is 0.694. The van der Waals surface area contributed by atoms with Crippen LogP contribution in [0.15, 0.2) is 87.1 Å². The molecule has 6 nitrogen and oxygen atoms in total. The fraction of sp³-hybridized carbons (Fsp3) is 0.303. The largest absolute Gasteiger partial charge is 0.489 e. The Labute approximate surface area is 272 Å². The van der Waals surface area contributed by atoms with Gasteiger partial charge in [-0.05, 0) is 66.1 Å². The Bertz CT molecular complexity index is 1910. The Morgan fingerprint density at radius 1 is 0.933 bits per heavy atom. The summed E-state index contributed by atoms with van der Waals surface area (Å²) in [6, 6.07) is 20.0. The highest BCUT2D eigenvalue weighted by molar-refractivity contribution is 9.10. The molecule has 7 atom stereocenters. The van der Waals surface area contributed by atoms with Gasteiger partial charge in [-0.1, -0.05) is 63.7 Å². The molecule has 1 saturated heterocycles. The molecule has 45 heavy (non-hydrogen) atoms. The number of anilines is 1. The van der Waals surface area contributed by atoms with Gasteiger partial charge in [-0.3, -0.25) is 19.3 Å². The highest BCUT2D eigenvalue weighted by atomic mass is 79.9. The Kier molecular flexibility index (Phi) is 6.85. The van der Waals surface area contributed by atoms with Crippen LogP contribution in [0.4, 0.5) is 18.9 Å². The van der Waals surface area contributed by atoms with Gasteiger partial charge in [0.25, 0.3) is 0 Å². The molecule has 2 aliphatic carbocycles. The number of aromatic nitrogens is 1. The molecule has 6 unspecified atom stereocenters. The van der Waals surface area contributed by atoms with Gasteiger partial charge in [0.2, 0.25) is 11.8 Å². The summed E-state index contributed by atoms with van der Waals surface area (Å²) >= 11 is 6.33. The summed E-state index contributed by atoms with van der Waals surface area (Å²) in [4.78, 5) is 45.3. The minimum Gasteiger partial charge on any atom is -0.489 e. The van der Waals surface area contributed by atoms with E-state index in [1.54, 1.807) is 11.8 Å². The lowest BCUT2D eigenvalue weighted by molar-refractivity contribution is -0.137. The van der Waals surface area contributed by atoms with Gasteiger partial charge in [0.05, 0.1) is 28.1 Å². The lowest BCUT2D eigenvalue weighted by atomic mass is 9.68. The Hall–Kier alpha value is -3.35. The van der Waals surface area contributed by atoms with E-state index in [-0.39, 0.29) is 39.5 Å². The number of carbonyl (C=O) groups excluding carboxylic acids is 2. The zero-order valence-corrected chi connectivity index (χ0v) is 26.5. The van der Waals surface area contributed by atoms with Crippen molar-refractivity contribution in [2.24, 2.45) is 29.6 Å². The Morgan fingerprint density at radius 2 is 1.69 bits per heavy atom. The fourth-order valence-electron chi connectivity index (χ4n) is 8.07. The summed E-state index contributed by atoms with van der Waals surface area (Å²) in [7, 11) is 0. The van der Waals surface area contributed by atoms with Crippen LogP contribution < -0.4 is 14.5 Å². The molecule has 230 valence electrons. The van der Waals surface area contributed by atoms with Crippen molar-refractivity contribution >= 4 is 56.5 Å². The van der Waals surface area contributed by atoms with Crippen molar-refractivity contribution in [2.45, 2.75) is 35.4 Å². The van der Waals surface area contributed by atoms with E-state index in [0.29, 0.717) is 18.8 Å². The quantitative estimate of drug-likeness (QED) is 0.217. The second-order valence-corrected chi connectivity index (χ2v) is 15.1. The number of thiazole rings is 1. The van der Waals surface area contributed by atoms with Crippen molar-refractivity contribution < 1.29 is 27.5 Å². The number of amides is 2. The number of benzene rings is 3. The zero-order chi connectivity index (χ0) is 31.2. The average molecular weight is 714 g/mol. The van der Waals surface area contributed by atoms with Crippen LogP contribution in [0.25, 0.3) is 0 Å². The first-order valence-electron chi connectivity index (χ1n) is 14.5. The predicted octanol–water partition coefficient (Wildman–Crippen LogP) is 7.47. The van der Waals surface area contributed by atoms with E-state index in [9.17, 15) is 27.6 Å². The topological polar surface area (TPSA) is 79.5 Å². The third-order valence-electron chi connectivity index (χ3n) is 9.70. The van der Waals surface area contributed by atoms with Crippen molar-refractivity contribution in [3.8, 4) is 5.75 Å². The van der Waals surface area contributed by atoms with Gasteiger partial charge in [0.1, 0.15) is 12.4 Å². The van der Waals surface area contributed by atoms with Crippen molar-refractivity contribution in [3.63, 3.8) is 0 Å². The minimum absolute atomic E-state index is 0.0483. The molecule has 0 spiro atoms. The summed E-state index contributed by atoms with van der Waals surface area (Å²) in [5.41, 5.74) is 0.939. The van der Waals surface area contributed by atoms with E-state index in [1.165, 1.54) is 12.1 Å². The summed E-state index contributed by atoms with van der Waals surface area (Å²) in [5.74, 6) is -2.19. The zero-order valence-electron chi connectivity index (χ0n) is 23.3. The molecule has 3 fully saturated rings. The van der Waals surface area contributed by atoms with E-state index < -0.39 is 35.4 Å². The highest BCUT2D eigenvalue weighted by Gasteiger charge is 2.70. The average Bonchev–Trinajstić information content (AvgIpc) is 3.75. The number of aromatic amines is 1. The maximum atomic E-state index is 14.0. The van der Waals surface area contributed by atoms with Crippen LogP contribution in [-0.4, -0.2) is 22.0 Å². The normalized spacial score (nSPS) is 28.3. The first-order valence-corrected chi connectivity index (χ1v) is 17.0. The second-order valence-electron chi connectivity index (χ2n) is 12.0. The molecule has 1 aromatic heterocycles. The number of imide groups is 1. The molecule has 2 bridgehead atoms. The lowest BCUT2D eigenvalue weighted by Crippen LogP contribution is -2.42. The van der Waals surface area contributed by atoms with Gasteiger partial charge in [0.15, 0.2) is 0 Å². The van der Waals surface area contributed by atoms with Gasteiger partial charge in [0, 0.05) is 26.1 Å².